The normalized spacial score (nSPS) is 10.2. The number of carbonyl (C=O) groups excluding carboxylic acids is 1. The average molecular weight is 224 g/mol. The third-order valence-corrected chi connectivity index (χ3v) is 2.89. The molecular weight excluding hydrogens is 208 g/mol. The fourth-order valence-electron chi connectivity index (χ4n) is 1.22. The number of hydrogen-bond acceptors (Lipinski definition) is 3. The van der Waals surface area contributed by atoms with Crippen molar-refractivity contribution in [1.29, 1.82) is 0 Å². The number of primary amides is 1. The molecule has 0 spiro atoms. The van der Waals surface area contributed by atoms with Crippen molar-refractivity contribution in [3.63, 3.8) is 0 Å². The minimum absolute atomic E-state index is 0.242. The van der Waals surface area contributed by atoms with E-state index in [2.05, 4.69) is 17.4 Å². The predicted octanol–water partition coefficient (Wildman–Crippen LogP) is 1.37. The first kappa shape index (κ1) is 12.1. The molecule has 0 saturated carbocycles. The fourth-order valence-corrected chi connectivity index (χ4v) is 2.17. The Hall–Kier alpha value is -1.00. The van der Waals surface area contributed by atoms with Crippen molar-refractivity contribution >= 4 is 17.7 Å². The van der Waals surface area contributed by atoms with Crippen LogP contribution in [0.5, 0.6) is 0 Å². The molecule has 82 valence electrons. The first-order valence-electron chi connectivity index (χ1n) is 4.87. The maximum atomic E-state index is 10.6. The van der Waals surface area contributed by atoms with Gasteiger partial charge in [-0.05, 0) is 24.7 Å². The Kier molecular flexibility index (Phi) is 5.21. The van der Waals surface area contributed by atoms with Crippen molar-refractivity contribution in [1.82, 2.24) is 5.32 Å². The van der Waals surface area contributed by atoms with E-state index in [-0.39, 0.29) is 5.91 Å². The second kappa shape index (κ2) is 6.48. The zero-order valence-electron chi connectivity index (χ0n) is 8.82. The van der Waals surface area contributed by atoms with Gasteiger partial charge >= 0.3 is 0 Å². The van der Waals surface area contributed by atoms with Crippen LogP contribution in [-0.2, 0) is 11.3 Å². The van der Waals surface area contributed by atoms with Gasteiger partial charge in [-0.3, -0.25) is 4.79 Å². The molecule has 4 heteroatoms. The smallest absolute Gasteiger partial charge is 0.218 e. The van der Waals surface area contributed by atoms with Gasteiger partial charge in [-0.25, -0.2) is 0 Å². The standard InChI is InChI=1S/C11H16N2OS/c1-13-8-9-3-2-4-10(7-9)15-6-5-11(12)14/h2-4,7,13H,5-6,8H2,1H3,(H2,12,14). The summed E-state index contributed by atoms with van der Waals surface area (Å²) in [6.07, 6.45) is 0.431. The summed E-state index contributed by atoms with van der Waals surface area (Å²) in [7, 11) is 1.92. The molecule has 3 N–H and O–H groups in total. The molecular formula is C11H16N2OS. The molecule has 0 aliphatic rings. The molecule has 1 amide bonds. The first-order valence-corrected chi connectivity index (χ1v) is 5.85. The molecule has 0 unspecified atom stereocenters. The Morgan fingerprint density at radius 1 is 1.53 bits per heavy atom. The van der Waals surface area contributed by atoms with E-state index in [0.717, 1.165) is 12.3 Å². The van der Waals surface area contributed by atoms with Gasteiger partial charge in [0.2, 0.25) is 5.91 Å². The van der Waals surface area contributed by atoms with E-state index < -0.39 is 0 Å². The van der Waals surface area contributed by atoms with E-state index >= 15 is 0 Å². The van der Waals surface area contributed by atoms with E-state index in [1.807, 2.05) is 19.2 Å². The summed E-state index contributed by atoms with van der Waals surface area (Å²) in [5.41, 5.74) is 6.32. The van der Waals surface area contributed by atoms with Crippen LogP contribution in [0.25, 0.3) is 0 Å². The SMILES string of the molecule is CNCc1cccc(SCCC(N)=O)c1. The average Bonchev–Trinajstić information content (AvgIpc) is 2.18. The third-order valence-electron chi connectivity index (χ3n) is 1.90. The van der Waals surface area contributed by atoms with Gasteiger partial charge in [-0.15, -0.1) is 11.8 Å². The molecule has 3 nitrogen and oxygen atoms in total. The van der Waals surface area contributed by atoms with Crippen molar-refractivity contribution in [2.75, 3.05) is 12.8 Å². The van der Waals surface area contributed by atoms with Gasteiger partial charge in [0.05, 0.1) is 0 Å². The summed E-state index contributed by atoms with van der Waals surface area (Å²) in [6.45, 7) is 0.865. The lowest BCUT2D eigenvalue weighted by atomic mass is 10.2. The van der Waals surface area contributed by atoms with Gasteiger partial charge in [0.1, 0.15) is 0 Å². The lowest BCUT2D eigenvalue weighted by Crippen LogP contribution is -2.10. The highest BCUT2D eigenvalue weighted by Gasteiger charge is 1.98. The highest BCUT2D eigenvalue weighted by molar-refractivity contribution is 7.99. The largest absolute Gasteiger partial charge is 0.370 e. The Morgan fingerprint density at radius 2 is 2.33 bits per heavy atom. The number of nitrogens with one attached hydrogen (secondary N) is 1. The molecule has 15 heavy (non-hydrogen) atoms. The summed E-state index contributed by atoms with van der Waals surface area (Å²) in [4.78, 5) is 11.7. The molecule has 0 atom stereocenters. The van der Waals surface area contributed by atoms with Gasteiger partial charge in [-0.2, -0.15) is 0 Å². The van der Waals surface area contributed by atoms with Crippen molar-refractivity contribution in [3.05, 3.63) is 29.8 Å². The fraction of sp³-hybridized carbons (Fsp3) is 0.364. The maximum Gasteiger partial charge on any atom is 0.218 e. The Morgan fingerprint density at radius 3 is 3.00 bits per heavy atom. The monoisotopic (exact) mass is 224 g/mol. The zero-order chi connectivity index (χ0) is 11.1. The molecule has 0 aliphatic carbocycles. The number of amides is 1. The molecule has 0 aromatic heterocycles. The van der Waals surface area contributed by atoms with Crippen LogP contribution in [0.3, 0.4) is 0 Å². The minimum Gasteiger partial charge on any atom is -0.370 e. The number of rotatable bonds is 6. The first-order chi connectivity index (χ1) is 7.22. The van der Waals surface area contributed by atoms with E-state index in [4.69, 9.17) is 5.73 Å². The maximum absolute atomic E-state index is 10.6. The van der Waals surface area contributed by atoms with Gasteiger partial charge in [0.25, 0.3) is 0 Å². The number of nitrogens with two attached hydrogens (primary N) is 1. The summed E-state index contributed by atoms with van der Waals surface area (Å²) in [5, 5.41) is 3.10. The number of carbonyl (C=O) groups is 1. The molecule has 0 saturated heterocycles. The summed E-state index contributed by atoms with van der Waals surface area (Å²) >= 11 is 1.66. The molecule has 0 fully saturated rings. The third kappa shape index (κ3) is 4.85. The van der Waals surface area contributed by atoms with Gasteiger partial charge in [0, 0.05) is 23.6 Å². The summed E-state index contributed by atoms with van der Waals surface area (Å²) < 4.78 is 0. The highest BCUT2D eigenvalue weighted by atomic mass is 32.2. The molecule has 1 rings (SSSR count). The zero-order valence-corrected chi connectivity index (χ0v) is 9.64. The molecule has 0 radical (unpaired) electrons. The predicted molar refractivity (Wildman–Crippen MR) is 63.7 cm³/mol. The van der Waals surface area contributed by atoms with Gasteiger partial charge in [0.15, 0.2) is 0 Å². The van der Waals surface area contributed by atoms with E-state index in [1.54, 1.807) is 11.8 Å². The number of hydrogen-bond donors (Lipinski definition) is 2. The molecule has 0 heterocycles. The second-order valence-corrected chi connectivity index (χ2v) is 4.41. The van der Waals surface area contributed by atoms with Crippen LogP contribution in [0.4, 0.5) is 0 Å². The van der Waals surface area contributed by atoms with Crippen molar-refractivity contribution in [3.8, 4) is 0 Å². The lowest BCUT2D eigenvalue weighted by molar-refractivity contribution is -0.117. The second-order valence-electron chi connectivity index (χ2n) is 3.24. The van der Waals surface area contributed by atoms with E-state index in [0.29, 0.717) is 6.42 Å². The topological polar surface area (TPSA) is 55.1 Å². The van der Waals surface area contributed by atoms with Crippen molar-refractivity contribution in [2.24, 2.45) is 5.73 Å². The molecule has 1 aromatic rings. The Bertz CT molecular complexity index is 328. The molecule has 0 bridgehead atoms. The number of benzene rings is 1. The van der Waals surface area contributed by atoms with Crippen LogP contribution in [-0.4, -0.2) is 18.7 Å². The van der Waals surface area contributed by atoms with E-state index in [1.165, 1.54) is 10.5 Å². The molecule has 0 aliphatic heterocycles. The van der Waals surface area contributed by atoms with Crippen molar-refractivity contribution in [2.45, 2.75) is 17.9 Å². The van der Waals surface area contributed by atoms with Gasteiger partial charge < -0.3 is 11.1 Å². The van der Waals surface area contributed by atoms with Crippen LogP contribution in [0.15, 0.2) is 29.2 Å². The quantitative estimate of drug-likeness (QED) is 0.718. The van der Waals surface area contributed by atoms with Crippen LogP contribution >= 0.6 is 11.8 Å². The highest BCUT2D eigenvalue weighted by Crippen LogP contribution is 2.19. The molecule has 1 aromatic carbocycles. The summed E-state index contributed by atoms with van der Waals surface area (Å²) in [5.74, 6) is 0.507. The van der Waals surface area contributed by atoms with Crippen LogP contribution in [0.1, 0.15) is 12.0 Å². The summed E-state index contributed by atoms with van der Waals surface area (Å²) in [6, 6.07) is 8.28. The van der Waals surface area contributed by atoms with Gasteiger partial charge in [-0.1, -0.05) is 12.1 Å². The minimum atomic E-state index is -0.242. The number of thioether (sulfide) groups is 1. The van der Waals surface area contributed by atoms with Crippen LogP contribution < -0.4 is 11.1 Å². The Labute approximate surface area is 94.4 Å². The van der Waals surface area contributed by atoms with E-state index in [9.17, 15) is 4.79 Å². The lowest BCUT2D eigenvalue weighted by Gasteiger charge is -2.03. The Balaban J connectivity index is 2.46. The van der Waals surface area contributed by atoms with Crippen LogP contribution in [0.2, 0.25) is 0 Å². The van der Waals surface area contributed by atoms with Crippen molar-refractivity contribution < 1.29 is 4.79 Å². The van der Waals surface area contributed by atoms with Crippen LogP contribution in [0, 0.1) is 0 Å².